The summed E-state index contributed by atoms with van der Waals surface area (Å²) in [6, 6.07) is 21.1. The maximum atomic E-state index is 12.4. The molecule has 3 aromatic carbocycles. The lowest BCUT2D eigenvalue weighted by molar-refractivity contribution is -0.120. The van der Waals surface area contributed by atoms with Crippen molar-refractivity contribution >= 4 is 39.1 Å². The third kappa shape index (κ3) is 4.95. The van der Waals surface area contributed by atoms with Crippen LogP contribution < -0.4 is 10.2 Å². The first-order valence-electron chi connectivity index (χ1n) is 10.2. The second-order valence-corrected chi connectivity index (χ2v) is 8.81. The van der Waals surface area contributed by atoms with E-state index in [1.54, 1.807) is 18.2 Å². The highest BCUT2D eigenvalue weighted by Crippen LogP contribution is 2.29. The summed E-state index contributed by atoms with van der Waals surface area (Å²) in [5, 5.41) is 12.7. The second kappa shape index (κ2) is 9.20. The highest BCUT2D eigenvalue weighted by atomic mass is 32.1. The monoisotopic (exact) mass is 445 g/mol. The van der Waals surface area contributed by atoms with Gasteiger partial charge in [-0.05, 0) is 53.1 Å². The van der Waals surface area contributed by atoms with E-state index in [-0.39, 0.29) is 24.4 Å². The number of nitrogens with zero attached hydrogens (tertiary/aromatic N) is 2. The van der Waals surface area contributed by atoms with Crippen LogP contribution in [0.25, 0.3) is 21.3 Å². The van der Waals surface area contributed by atoms with Crippen molar-refractivity contribution in [3.63, 3.8) is 0 Å². The van der Waals surface area contributed by atoms with Crippen LogP contribution >= 0.6 is 11.3 Å². The molecule has 4 rings (SSSR count). The van der Waals surface area contributed by atoms with Gasteiger partial charge in [-0.2, -0.15) is 0 Å². The Hall–Kier alpha value is -3.71. The summed E-state index contributed by atoms with van der Waals surface area (Å²) in [6.45, 7) is 0.276. The average molecular weight is 446 g/mol. The van der Waals surface area contributed by atoms with Crippen LogP contribution in [0.5, 0.6) is 0 Å². The lowest BCUT2D eigenvalue weighted by Gasteiger charge is -2.12. The highest BCUT2D eigenvalue weighted by Gasteiger charge is 2.11. The van der Waals surface area contributed by atoms with Gasteiger partial charge in [-0.15, -0.1) is 11.3 Å². The summed E-state index contributed by atoms with van der Waals surface area (Å²) < 4.78 is 1.04. The standard InChI is InChI=1S/C25H23N3O3S/c1-28(2)20-9-6-17(7-10-20)18-8-11-21-22(13-18)32-24(27-21)14-23(29)26-15-16-4-3-5-19(12-16)25(30)31/h3-13H,14-15H2,1-2H3,(H,26,29)(H,30,31). The SMILES string of the molecule is CN(C)c1ccc(-c2ccc3nc(CC(=O)NCc4cccc(C(=O)O)c4)sc3c2)cc1. The summed E-state index contributed by atoms with van der Waals surface area (Å²) in [4.78, 5) is 30.1. The number of nitrogens with one attached hydrogen (secondary N) is 1. The molecule has 0 bridgehead atoms. The number of carboxylic acids is 1. The summed E-state index contributed by atoms with van der Waals surface area (Å²) in [5.74, 6) is -1.13. The maximum Gasteiger partial charge on any atom is 0.335 e. The number of fused-ring (bicyclic) bond motifs is 1. The van der Waals surface area contributed by atoms with Crippen LogP contribution in [0.2, 0.25) is 0 Å². The molecule has 162 valence electrons. The molecule has 0 saturated carbocycles. The van der Waals surface area contributed by atoms with E-state index in [1.807, 2.05) is 26.2 Å². The minimum Gasteiger partial charge on any atom is -0.478 e. The number of rotatable bonds is 7. The summed E-state index contributed by atoms with van der Waals surface area (Å²) in [5.41, 5.74) is 5.22. The Morgan fingerprint density at radius 1 is 1.00 bits per heavy atom. The summed E-state index contributed by atoms with van der Waals surface area (Å²) >= 11 is 1.51. The van der Waals surface area contributed by atoms with Crippen LogP contribution in [-0.4, -0.2) is 36.1 Å². The van der Waals surface area contributed by atoms with Gasteiger partial charge in [0.05, 0.1) is 22.2 Å². The topological polar surface area (TPSA) is 82.5 Å². The quantitative estimate of drug-likeness (QED) is 0.435. The number of carboxylic acid groups (broad SMARTS) is 1. The number of anilines is 1. The molecule has 0 saturated heterocycles. The van der Waals surface area contributed by atoms with Crippen LogP contribution in [0.4, 0.5) is 5.69 Å². The van der Waals surface area contributed by atoms with Crippen molar-refractivity contribution in [3.05, 3.63) is 82.9 Å². The van der Waals surface area contributed by atoms with Gasteiger partial charge in [0.2, 0.25) is 5.91 Å². The van der Waals surface area contributed by atoms with Crippen molar-refractivity contribution in [3.8, 4) is 11.1 Å². The summed E-state index contributed by atoms with van der Waals surface area (Å²) in [7, 11) is 4.03. The lowest BCUT2D eigenvalue weighted by Crippen LogP contribution is -2.24. The number of amides is 1. The van der Waals surface area contributed by atoms with Gasteiger partial charge in [0, 0.05) is 26.3 Å². The molecule has 1 aromatic heterocycles. The number of carbonyl (C=O) groups is 2. The van der Waals surface area contributed by atoms with Gasteiger partial charge in [0.25, 0.3) is 0 Å². The zero-order chi connectivity index (χ0) is 22.7. The van der Waals surface area contributed by atoms with Crippen molar-refractivity contribution in [1.82, 2.24) is 10.3 Å². The third-order valence-electron chi connectivity index (χ3n) is 5.13. The van der Waals surface area contributed by atoms with Gasteiger partial charge in [-0.25, -0.2) is 9.78 Å². The number of benzene rings is 3. The highest BCUT2D eigenvalue weighted by molar-refractivity contribution is 7.18. The van der Waals surface area contributed by atoms with E-state index in [1.165, 1.54) is 17.4 Å². The molecule has 0 radical (unpaired) electrons. The molecule has 0 fully saturated rings. The number of hydrogen-bond donors (Lipinski definition) is 2. The molecule has 0 aliphatic rings. The van der Waals surface area contributed by atoms with E-state index in [0.717, 1.165) is 37.6 Å². The molecule has 1 heterocycles. The Morgan fingerprint density at radius 2 is 1.75 bits per heavy atom. The van der Waals surface area contributed by atoms with Crippen molar-refractivity contribution in [2.75, 3.05) is 19.0 Å². The molecule has 0 unspecified atom stereocenters. The van der Waals surface area contributed by atoms with Crippen LogP contribution in [0, 0.1) is 0 Å². The van der Waals surface area contributed by atoms with Crippen molar-refractivity contribution in [2.45, 2.75) is 13.0 Å². The van der Waals surface area contributed by atoms with Crippen LogP contribution in [0.3, 0.4) is 0 Å². The molecule has 0 spiro atoms. The molecule has 0 aliphatic heterocycles. The molecule has 2 N–H and O–H groups in total. The molecular formula is C25H23N3O3S. The Morgan fingerprint density at radius 3 is 2.47 bits per heavy atom. The predicted molar refractivity (Wildman–Crippen MR) is 128 cm³/mol. The Kier molecular flexibility index (Phi) is 6.18. The normalized spacial score (nSPS) is 10.8. The van der Waals surface area contributed by atoms with Crippen LogP contribution in [-0.2, 0) is 17.8 Å². The van der Waals surface area contributed by atoms with Gasteiger partial charge < -0.3 is 15.3 Å². The largest absolute Gasteiger partial charge is 0.478 e. The first kappa shape index (κ1) is 21.5. The second-order valence-electron chi connectivity index (χ2n) is 7.69. The Bertz CT molecular complexity index is 1280. The maximum absolute atomic E-state index is 12.4. The Balaban J connectivity index is 1.43. The molecule has 1 amide bonds. The van der Waals surface area contributed by atoms with Gasteiger partial charge in [-0.3, -0.25) is 4.79 Å². The van der Waals surface area contributed by atoms with Crippen LogP contribution in [0.1, 0.15) is 20.9 Å². The van der Waals surface area contributed by atoms with Gasteiger partial charge in [0.15, 0.2) is 0 Å². The molecule has 7 heteroatoms. The van der Waals surface area contributed by atoms with E-state index in [9.17, 15) is 9.59 Å². The Labute approximate surface area is 190 Å². The molecule has 32 heavy (non-hydrogen) atoms. The van der Waals surface area contributed by atoms with E-state index in [4.69, 9.17) is 5.11 Å². The molecular weight excluding hydrogens is 422 g/mol. The van der Waals surface area contributed by atoms with E-state index in [0.29, 0.717) is 0 Å². The number of thiazole rings is 1. The molecule has 6 nitrogen and oxygen atoms in total. The fourth-order valence-corrected chi connectivity index (χ4v) is 4.40. The van der Waals surface area contributed by atoms with Crippen molar-refractivity contribution < 1.29 is 14.7 Å². The van der Waals surface area contributed by atoms with E-state index < -0.39 is 5.97 Å². The fraction of sp³-hybridized carbons (Fsp3) is 0.160. The summed E-state index contributed by atoms with van der Waals surface area (Å²) in [6.07, 6.45) is 0.185. The molecule has 4 aromatic rings. The van der Waals surface area contributed by atoms with Gasteiger partial charge in [-0.1, -0.05) is 30.3 Å². The van der Waals surface area contributed by atoms with Crippen molar-refractivity contribution in [1.29, 1.82) is 0 Å². The number of aromatic carboxylic acids is 1. The first-order valence-corrected chi connectivity index (χ1v) is 11.0. The number of aromatic nitrogens is 1. The van der Waals surface area contributed by atoms with Gasteiger partial charge in [0.1, 0.15) is 5.01 Å². The minimum atomic E-state index is -0.985. The zero-order valence-corrected chi connectivity index (χ0v) is 18.6. The van der Waals surface area contributed by atoms with E-state index in [2.05, 4.69) is 45.5 Å². The van der Waals surface area contributed by atoms with Crippen molar-refractivity contribution in [2.24, 2.45) is 0 Å². The molecule has 0 aliphatic carbocycles. The lowest BCUT2D eigenvalue weighted by atomic mass is 10.1. The first-order chi connectivity index (χ1) is 15.4. The minimum absolute atomic E-state index is 0.149. The van der Waals surface area contributed by atoms with Crippen LogP contribution in [0.15, 0.2) is 66.7 Å². The average Bonchev–Trinajstić information content (AvgIpc) is 3.19. The smallest absolute Gasteiger partial charge is 0.335 e. The zero-order valence-electron chi connectivity index (χ0n) is 17.8. The third-order valence-corrected chi connectivity index (χ3v) is 6.14. The predicted octanol–water partition coefficient (Wildman–Crippen LogP) is 4.59. The number of hydrogen-bond acceptors (Lipinski definition) is 5. The fourth-order valence-electron chi connectivity index (χ4n) is 3.39. The van der Waals surface area contributed by atoms with Gasteiger partial charge >= 0.3 is 5.97 Å². The van der Waals surface area contributed by atoms with E-state index >= 15 is 0 Å². The molecule has 0 atom stereocenters. The number of carbonyl (C=O) groups excluding carboxylic acids is 1.